The van der Waals surface area contributed by atoms with Crippen LogP contribution >= 0.6 is 19.9 Å². The Morgan fingerprint density at radius 2 is 1.54 bits per heavy atom. The first kappa shape index (κ1) is 9.40. The minimum atomic E-state index is -1.80. The normalized spacial score (nSPS) is 11.0. The van der Waals surface area contributed by atoms with E-state index in [9.17, 15) is 0 Å². The van der Waals surface area contributed by atoms with Crippen molar-refractivity contribution in [1.82, 2.24) is 0 Å². The molecular weight excluding hydrogens is 266 g/mol. The number of hydrogen-bond acceptors (Lipinski definition) is 0. The molecule has 0 spiro atoms. The van der Waals surface area contributed by atoms with Gasteiger partial charge in [-0.3, -0.25) is 0 Å². The Morgan fingerprint density at radius 1 is 0.846 bits per heavy atom. The predicted molar refractivity (Wildman–Crippen MR) is 61.0 cm³/mol. The average molecular weight is 273 g/mol. The van der Waals surface area contributed by atoms with Crippen LogP contribution in [0.15, 0.2) is 42.5 Å². The van der Waals surface area contributed by atoms with Gasteiger partial charge in [-0.05, 0) is 0 Å². The van der Waals surface area contributed by atoms with Crippen LogP contribution in [0.25, 0.3) is 10.8 Å². The first-order valence-electron chi connectivity index (χ1n) is 3.88. The maximum atomic E-state index is 5.99. The molecule has 0 aliphatic heterocycles. The molecule has 2 aromatic rings. The minimum absolute atomic E-state index is 1.12. The Bertz CT molecular complexity index is 421. The van der Waals surface area contributed by atoms with E-state index in [0.29, 0.717) is 0 Å². The van der Waals surface area contributed by atoms with Crippen molar-refractivity contribution in [3.05, 3.63) is 42.5 Å². The van der Waals surface area contributed by atoms with Crippen molar-refractivity contribution in [2.45, 2.75) is 0 Å². The van der Waals surface area contributed by atoms with E-state index >= 15 is 0 Å². The summed E-state index contributed by atoms with van der Waals surface area (Å²) < 4.78 is 1.12. The molecule has 13 heavy (non-hydrogen) atoms. The Morgan fingerprint density at radius 3 is 2.31 bits per heavy atom. The Balaban J connectivity index is 2.76. The summed E-state index contributed by atoms with van der Waals surface area (Å²) >= 11 is -1.80. The van der Waals surface area contributed by atoms with Gasteiger partial charge in [-0.1, -0.05) is 0 Å². The Labute approximate surface area is 90.0 Å². The van der Waals surface area contributed by atoms with E-state index in [1.165, 1.54) is 10.8 Å². The van der Waals surface area contributed by atoms with Crippen LogP contribution in [0.1, 0.15) is 0 Å². The summed E-state index contributed by atoms with van der Waals surface area (Å²) in [6, 6.07) is 14.3. The van der Waals surface area contributed by atoms with Gasteiger partial charge in [0.2, 0.25) is 0 Å². The third-order valence-electron chi connectivity index (χ3n) is 1.95. The molecule has 0 atom stereocenters. The summed E-state index contributed by atoms with van der Waals surface area (Å²) in [7, 11) is 12.0. The van der Waals surface area contributed by atoms with Gasteiger partial charge in [0.1, 0.15) is 0 Å². The summed E-state index contributed by atoms with van der Waals surface area (Å²) in [5.41, 5.74) is 0. The van der Waals surface area contributed by atoms with Crippen molar-refractivity contribution < 1.29 is 0 Å². The number of hydrogen-bond donors (Lipinski definition) is 0. The number of benzene rings is 2. The Hall–Kier alpha value is -0.162. The van der Waals surface area contributed by atoms with Crippen molar-refractivity contribution in [2.24, 2.45) is 0 Å². The second-order valence-electron chi connectivity index (χ2n) is 2.73. The predicted octanol–water partition coefficient (Wildman–Crippen LogP) is 3.01. The molecule has 66 valence electrons. The number of halogens is 2. The molecule has 0 amide bonds. The van der Waals surface area contributed by atoms with Crippen LogP contribution in [0.5, 0.6) is 0 Å². The fourth-order valence-corrected chi connectivity index (χ4v) is 4.11. The van der Waals surface area contributed by atoms with Crippen LogP contribution in [0.3, 0.4) is 0 Å². The molecule has 0 bridgehead atoms. The van der Waals surface area contributed by atoms with Gasteiger partial charge >= 0.3 is 90.3 Å². The second-order valence-corrected chi connectivity index (χ2v) is 9.13. The maximum absolute atomic E-state index is 5.99. The van der Waals surface area contributed by atoms with Crippen molar-refractivity contribution in [3.63, 3.8) is 0 Å². The van der Waals surface area contributed by atoms with E-state index in [1.807, 2.05) is 24.3 Å². The molecule has 2 rings (SSSR count). The van der Waals surface area contributed by atoms with E-state index in [0.717, 1.165) is 4.35 Å². The van der Waals surface area contributed by atoms with Crippen LogP contribution in [0, 0.1) is 0 Å². The van der Waals surface area contributed by atoms with Crippen molar-refractivity contribution >= 4 is 47.8 Å². The van der Waals surface area contributed by atoms with E-state index < -0.39 is 12.8 Å². The summed E-state index contributed by atoms with van der Waals surface area (Å²) in [6.07, 6.45) is 0. The van der Waals surface area contributed by atoms with Gasteiger partial charge in [0.15, 0.2) is 0 Å². The molecule has 2 aromatic carbocycles. The van der Waals surface area contributed by atoms with E-state index in [1.54, 1.807) is 0 Å². The SMILES string of the molecule is Cl[As](Cl)c1cccc2ccccc12. The summed E-state index contributed by atoms with van der Waals surface area (Å²) in [5, 5.41) is 2.40. The molecule has 0 aromatic heterocycles. The molecule has 0 fully saturated rings. The molecule has 0 heterocycles. The van der Waals surface area contributed by atoms with Crippen molar-refractivity contribution in [3.8, 4) is 0 Å². The van der Waals surface area contributed by atoms with E-state index in [2.05, 4.69) is 18.2 Å². The third kappa shape index (κ3) is 1.86. The third-order valence-corrected chi connectivity index (χ3v) is 5.42. The standard InChI is InChI=1S/C10H7AsCl2/c12-11(13)10-7-3-5-8-4-1-2-6-9(8)10/h1-7H. The topological polar surface area (TPSA) is 0 Å². The monoisotopic (exact) mass is 272 g/mol. The molecule has 0 saturated heterocycles. The fourth-order valence-electron chi connectivity index (χ4n) is 1.36. The Kier molecular flexibility index (Phi) is 2.83. The van der Waals surface area contributed by atoms with Crippen LogP contribution in [0.2, 0.25) is 0 Å². The zero-order valence-electron chi connectivity index (χ0n) is 6.74. The van der Waals surface area contributed by atoms with Crippen LogP contribution in [-0.4, -0.2) is 12.8 Å². The molecule has 3 heteroatoms. The second kappa shape index (κ2) is 3.92. The molecular formula is C10H7AsCl2. The number of rotatable bonds is 1. The first-order chi connectivity index (χ1) is 6.29. The first-order valence-corrected chi connectivity index (χ1v) is 9.75. The van der Waals surface area contributed by atoms with Crippen LogP contribution in [0.4, 0.5) is 0 Å². The van der Waals surface area contributed by atoms with Gasteiger partial charge in [-0.2, -0.15) is 0 Å². The van der Waals surface area contributed by atoms with Gasteiger partial charge in [-0.25, -0.2) is 0 Å². The molecule has 0 unspecified atom stereocenters. The molecule has 0 radical (unpaired) electrons. The summed E-state index contributed by atoms with van der Waals surface area (Å²) in [5.74, 6) is 0. The van der Waals surface area contributed by atoms with E-state index in [-0.39, 0.29) is 0 Å². The summed E-state index contributed by atoms with van der Waals surface area (Å²) in [6.45, 7) is 0. The van der Waals surface area contributed by atoms with Gasteiger partial charge in [-0.15, -0.1) is 0 Å². The van der Waals surface area contributed by atoms with Crippen molar-refractivity contribution in [1.29, 1.82) is 0 Å². The fraction of sp³-hybridized carbons (Fsp3) is 0. The van der Waals surface area contributed by atoms with Crippen LogP contribution in [-0.2, 0) is 0 Å². The van der Waals surface area contributed by atoms with Gasteiger partial charge in [0.05, 0.1) is 0 Å². The molecule has 0 N–H and O–H groups in total. The molecule has 0 nitrogen and oxygen atoms in total. The van der Waals surface area contributed by atoms with E-state index in [4.69, 9.17) is 19.9 Å². The van der Waals surface area contributed by atoms with Gasteiger partial charge < -0.3 is 0 Å². The zero-order chi connectivity index (χ0) is 9.26. The van der Waals surface area contributed by atoms with Gasteiger partial charge in [0.25, 0.3) is 0 Å². The zero-order valence-corrected chi connectivity index (χ0v) is 10.1. The molecule has 0 aliphatic rings. The van der Waals surface area contributed by atoms with Gasteiger partial charge in [0, 0.05) is 0 Å². The average Bonchev–Trinajstić information content (AvgIpc) is 2.17. The number of fused-ring (bicyclic) bond motifs is 1. The summed E-state index contributed by atoms with van der Waals surface area (Å²) in [4.78, 5) is 0. The quantitative estimate of drug-likeness (QED) is 0.700. The molecule has 0 saturated carbocycles. The van der Waals surface area contributed by atoms with Crippen LogP contribution < -0.4 is 4.35 Å². The van der Waals surface area contributed by atoms with Crippen molar-refractivity contribution in [2.75, 3.05) is 0 Å². The molecule has 0 aliphatic carbocycles.